The molecule has 6 nitrogen and oxygen atoms in total. The predicted octanol–water partition coefficient (Wildman–Crippen LogP) is 5.20. The van der Waals surface area contributed by atoms with Gasteiger partial charge in [-0.3, -0.25) is 9.10 Å². The van der Waals surface area contributed by atoms with Gasteiger partial charge in [-0.25, -0.2) is 8.42 Å². The molecule has 3 aromatic carbocycles. The molecule has 1 N–H and O–H groups in total. The van der Waals surface area contributed by atoms with Crippen LogP contribution in [0.15, 0.2) is 71.6 Å². The summed E-state index contributed by atoms with van der Waals surface area (Å²) in [5.41, 5.74) is 3.12. The Morgan fingerprint density at radius 2 is 1.66 bits per heavy atom. The molecule has 0 spiro atoms. The summed E-state index contributed by atoms with van der Waals surface area (Å²) in [4.78, 5) is 13.1. The monoisotopic (exact) mass is 452 g/mol. The zero-order valence-electron chi connectivity index (χ0n) is 18.9. The number of methoxy groups -OCH3 is 1. The molecule has 3 rings (SSSR count). The zero-order valence-corrected chi connectivity index (χ0v) is 19.7. The molecule has 32 heavy (non-hydrogen) atoms. The van der Waals surface area contributed by atoms with E-state index in [1.807, 2.05) is 24.3 Å². The molecule has 0 aliphatic carbocycles. The molecule has 0 heterocycles. The minimum Gasteiger partial charge on any atom is -0.495 e. The Balaban J connectivity index is 1.97. The average Bonchev–Trinajstić information content (AvgIpc) is 2.78. The van der Waals surface area contributed by atoms with E-state index in [0.29, 0.717) is 28.3 Å². The number of benzene rings is 3. The van der Waals surface area contributed by atoms with E-state index < -0.39 is 10.0 Å². The summed E-state index contributed by atoms with van der Waals surface area (Å²) in [6, 6.07) is 19.0. The van der Waals surface area contributed by atoms with E-state index in [2.05, 4.69) is 19.2 Å². The zero-order chi connectivity index (χ0) is 23.5. The molecule has 3 aromatic rings. The van der Waals surface area contributed by atoms with Crippen LogP contribution in [0.5, 0.6) is 5.75 Å². The van der Waals surface area contributed by atoms with E-state index in [1.54, 1.807) is 37.3 Å². The second-order valence-electron chi connectivity index (χ2n) is 7.82. The molecule has 1 amide bonds. The number of amides is 1. The van der Waals surface area contributed by atoms with Crippen LogP contribution >= 0.6 is 0 Å². The number of rotatable bonds is 7. The van der Waals surface area contributed by atoms with Gasteiger partial charge < -0.3 is 10.1 Å². The van der Waals surface area contributed by atoms with E-state index in [0.717, 1.165) is 9.87 Å². The van der Waals surface area contributed by atoms with Crippen LogP contribution in [-0.4, -0.2) is 28.5 Å². The SMILES string of the molecule is COc1ccccc1N(C)S(=O)(=O)c1ccc(C)c(C(=O)Nc2ccccc2C(C)C)c1. The van der Waals surface area contributed by atoms with Gasteiger partial charge >= 0.3 is 0 Å². The van der Waals surface area contributed by atoms with Crippen molar-refractivity contribution in [2.24, 2.45) is 0 Å². The molecule has 168 valence electrons. The van der Waals surface area contributed by atoms with Crippen LogP contribution in [0.1, 0.15) is 41.3 Å². The number of sulfonamides is 1. The van der Waals surface area contributed by atoms with Crippen molar-refractivity contribution in [3.63, 3.8) is 0 Å². The van der Waals surface area contributed by atoms with Crippen LogP contribution in [-0.2, 0) is 10.0 Å². The highest BCUT2D eigenvalue weighted by Gasteiger charge is 2.25. The van der Waals surface area contributed by atoms with E-state index >= 15 is 0 Å². The van der Waals surface area contributed by atoms with Crippen molar-refractivity contribution >= 4 is 27.3 Å². The van der Waals surface area contributed by atoms with Crippen molar-refractivity contribution < 1.29 is 17.9 Å². The normalized spacial score (nSPS) is 11.3. The summed E-state index contributed by atoms with van der Waals surface area (Å²) < 4.78 is 33.1. The minimum atomic E-state index is -3.92. The van der Waals surface area contributed by atoms with Gasteiger partial charge in [0, 0.05) is 18.3 Å². The number of nitrogens with zero attached hydrogens (tertiary/aromatic N) is 1. The van der Waals surface area contributed by atoms with Gasteiger partial charge in [0.25, 0.3) is 15.9 Å². The number of hydrogen-bond donors (Lipinski definition) is 1. The first-order valence-electron chi connectivity index (χ1n) is 10.3. The number of anilines is 2. The molecule has 0 aliphatic heterocycles. The number of para-hydroxylation sites is 3. The van der Waals surface area contributed by atoms with Crippen LogP contribution in [0.2, 0.25) is 0 Å². The summed E-state index contributed by atoms with van der Waals surface area (Å²) in [6.45, 7) is 5.89. The standard InChI is InChI=1S/C25H28N2O4S/c1-17(2)20-10-6-7-11-22(20)26-25(28)21-16-19(15-14-18(21)3)32(29,30)27(4)23-12-8-9-13-24(23)31-5/h6-17H,1-5H3,(H,26,28). The van der Waals surface area contributed by atoms with Crippen LogP contribution < -0.4 is 14.4 Å². The van der Waals surface area contributed by atoms with Crippen LogP contribution in [0.4, 0.5) is 11.4 Å². The molecule has 0 aliphatic rings. The van der Waals surface area contributed by atoms with Gasteiger partial charge in [-0.1, -0.05) is 50.2 Å². The molecular weight excluding hydrogens is 424 g/mol. The van der Waals surface area contributed by atoms with Crippen molar-refractivity contribution in [1.29, 1.82) is 0 Å². The number of hydrogen-bond acceptors (Lipinski definition) is 4. The third kappa shape index (κ3) is 4.62. The van der Waals surface area contributed by atoms with Crippen LogP contribution in [0.25, 0.3) is 0 Å². The quantitative estimate of drug-likeness (QED) is 0.534. The maximum atomic E-state index is 13.3. The summed E-state index contributed by atoms with van der Waals surface area (Å²) in [5, 5.41) is 2.94. The summed E-state index contributed by atoms with van der Waals surface area (Å²) >= 11 is 0. The first-order chi connectivity index (χ1) is 15.2. The molecule has 0 unspecified atom stereocenters. The Labute approximate surface area is 189 Å². The molecule has 7 heteroatoms. The van der Waals surface area contributed by atoms with Gasteiger partial charge in [0.05, 0.1) is 17.7 Å². The molecular formula is C25H28N2O4S. The lowest BCUT2D eigenvalue weighted by molar-refractivity contribution is 0.102. The van der Waals surface area contributed by atoms with Crippen molar-refractivity contribution in [2.45, 2.75) is 31.6 Å². The number of aryl methyl sites for hydroxylation is 1. The van der Waals surface area contributed by atoms with Gasteiger partial charge in [-0.05, 0) is 54.3 Å². The molecule has 0 saturated carbocycles. The maximum Gasteiger partial charge on any atom is 0.264 e. The minimum absolute atomic E-state index is 0.0267. The van der Waals surface area contributed by atoms with E-state index in [1.165, 1.54) is 26.3 Å². The first-order valence-corrected chi connectivity index (χ1v) is 11.7. The van der Waals surface area contributed by atoms with E-state index in [-0.39, 0.29) is 16.7 Å². The van der Waals surface area contributed by atoms with Gasteiger partial charge in [0.15, 0.2) is 0 Å². The lowest BCUT2D eigenvalue weighted by Crippen LogP contribution is -2.27. The second kappa shape index (κ2) is 9.44. The molecule has 0 fully saturated rings. The van der Waals surface area contributed by atoms with Crippen molar-refractivity contribution in [3.05, 3.63) is 83.4 Å². The fourth-order valence-corrected chi connectivity index (χ4v) is 4.72. The van der Waals surface area contributed by atoms with Gasteiger partial charge in [-0.2, -0.15) is 0 Å². The highest BCUT2D eigenvalue weighted by molar-refractivity contribution is 7.92. The van der Waals surface area contributed by atoms with Gasteiger partial charge in [0.2, 0.25) is 0 Å². The van der Waals surface area contributed by atoms with E-state index in [4.69, 9.17) is 4.74 Å². The second-order valence-corrected chi connectivity index (χ2v) is 9.79. The lowest BCUT2D eigenvalue weighted by Gasteiger charge is -2.22. The van der Waals surface area contributed by atoms with Gasteiger partial charge in [0.1, 0.15) is 5.75 Å². The van der Waals surface area contributed by atoms with Crippen LogP contribution in [0.3, 0.4) is 0 Å². The van der Waals surface area contributed by atoms with Gasteiger partial charge in [-0.15, -0.1) is 0 Å². The lowest BCUT2D eigenvalue weighted by atomic mass is 10.0. The maximum absolute atomic E-state index is 13.3. The largest absolute Gasteiger partial charge is 0.495 e. The number of carbonyl (C=O) groups excluding carboxylic acids is 1. The Bertz CT molecular complexity index is 1240. The Hall–Kier alpha value is -3.32. The summed E-state index contributed by atoms with van der Waals surface area (Å²) in [7, 11) is -0.966. The van der Waals surface area contributed by atoms with Crippen molar-refractivity contribution in [3.8, 4) is 5.75 Å². The number of ether oxygens (including phenoxy) is 1. The molecule has 0 bridgehead atoms. The number of nitrogens with one attached hydrogen (secondary N) is 1. The molecule has 0 radical (unpaired) electrons. The van der Waals surface area contributed by atoms with Crippen molar-refractivity contribution in [1.82, 2.24) is 0 Å². The third-order valence-electron chi connectivity index (χ3n) is 5.37. The third-order valence-corrected chi connectivity index (χ3v) is 7.13. The first kappa shape index (κ1) is 23.3. The Kier molecular flexibility index (Phi) is 6.89. The Morgan fingerprint density at radius 1 is 1.00 bits per heavy atom. The molecule has 0 aromatic heterocycles. The topological polar surface area (TPSA) is 75.7 Å². The fraction of sp³-hybridized carbons (Fsp3) is 0.240. The highest BCUT2D eigenvalue weighted by Crippen LogP contribution is 2.31. The highest BCUT2D eigenvalue weighted by atomic mass is 32.2. The Morgan fingerprint density at radius 3 is 2.34 bits per heavy atom. The summed E-state index contributed by atoms with van der Waals surface area (Å²) in [5.74, 6) is 0.315. The van der Waals surface area contributed by atoms with E-state index in [9.17, 15) is 13.2 Å². The molecule has 0 saturated heterocycles. The summed E-state index contributed by atoms with van der Waals surface area (Å²) in [6.07, 6.45) is 0. The fourth-order valence-electron chi connectivity index (χ4n) is 3.49. The predicted molar refractivity (Wildman–Crippen MR) is 128 cm³/mol. The number of carbonyl (C=O) groups is 1. The van der Waals surface area contributed by atoms with Crippen molar-refractivity contribution in [2.75, 3.05) is 23.8 Å². The average molecular weight is 453 g/mol. The smallest absolute Gasteiger partial charge is 0.264 e. The molecule has 0 atom stereocenters. The van der Waals surface area contributed by atoms with Crippen LogP contribution in [0, 0.1) is 6.92 Å².